The minimum Gasteiger partial charge on any atom is -0.248 e. The Balaban J connectivity index is 2.31. The van der Waals surface area contributed by atoms with Gasteiger partial charge in [0.25, 0.3) is 0 Å². The predicted molar refractivity (Wildman–Crippen MR) is 81.7 cm³/mol. The van der Waals surface area contributed by atoms with Crippen LogP contribution in [0.25, 0.3) is 22.2 Å². The van der Waals surface area contributed by atoms with Crippen molar-refractivity contribution < 1.29 is 0 Å². The second kappa shape index (κ2) is 4.67. The molecule has 1 heterocycles. The van der Waals surface area contributed by atoms with Crippen molar-refractivity contribution in [3.05, 3.63) is 64.7 Å². The lowest BCUT2D eigenvalue weighted by molar-refractivity contribution is 1.35. The van der Waals surface area contributed by atoms with Gasteiger partial charge < -0.3 is 0 Å². The second-order valence-corrected chi connectivity index (χ2v) is 5.24. The third-order valence-corrected chi connectivity index (χ3v) is 3.57. The molecule has 0 aliphatic rings. The molecule has 0 saturated heterocycles. The molecule has 0 saturated carbocycles. The molecule has 0 aliphatic heterocycles. The highest BCUT2D eigenvalue weighted by Crippen LogP contribution is 2.30. The van der Waals surface area contributed by atoms with Crippen molar-refractivity contribution in [2.45, 2.75) is 13.8 Å². The zero-order valence-corrected chi connectivity index (χ0v) is 11.7. The van der Waals surface area contributed by atoms with Crippen molar-refractivity contribution in [1.29, 1.82) is 0 Å². The van der Waals surface area contributed by atoms with Crippen LogP contribution < -0.4 is 0 Å². The molecule has 0 N–H and O–H groups in total. The molecule has 0 unspecified atom stereocenters. The summed E-state index contributed by atoms with van der Waals surface area (Å²) in [4.78, 5) is 4.74. The average Bonchev–Trinajstić information content (AvgIpc) is 2.38. The van der Waals surface area contributed by atoms with E-state index in [1.54, 1.807) is 0 Å². The Morgan fingerprint density at radius 1 is 0.947 bits per heavy atom. The number of nitrogens with zero attached hydrogens (tertiary/aromatic N) is 1. The first kappa shape index (κ1) is 12.2. The van der Waals surface area contributed by atoms with Crippen molar-refractivity contribution in [2.75, 3.05) is 0 Å². The van der Waals surface area contributed by atoms with E-state index in [0.717, 1.165) is 27.2 Å². The molecular weight excluding hydrogens is 254 g/mol. The summed E-state index contributed by atoms with van der Waals surface area (Å²) < 4.78 is 0. The lowest BCUT2D eigenvalue weighted by Gasteiger charge is -2.09. The van der Waals surface area contributed by atoms with Crippen molar-refractivity contribution in [3.63, 3.8) is 0 Å². The van der Waals surface area contributed by atoms with Gasteiger partial charge in [0.2, 0.25) is 0 Å². The van der Waals surface area contributed by atoms with E-state index in [9.17, 15) is 0 Å². The van der Waals surface area contributed by atoms with Gasteiger partial charge in [0.1, 0.15) is 0 Å². The van der Waals surface area contributed by atoms with Crippen molar-refractivity contribution >= 4 is 22.5 Å². The van der Waals surface area contributed by atoms with Gasteiger partial charge in [-0.1, -0.05) is 48.0 Å². The summed E-state index contributed by atoms with van der Waals surface area (Å²) in [6.45, 7) is 4.16. The molecule has 3 aromatic rings. The number of aromatic nitrogens is 1. The Morgan fingerprint density at radius 2 is 1.68 bits per heavy atom. The van der Waals surface area contributed by atoms with Gasteiger partial charge >= 0.3 is 0 Å². The van der Waals surface area contributed by atoms with Crippen LogP contribution in [0.5, 0.6) is 0 Å². The first-order valence-corrected chi connectivity index (χ1v) is 6.66. The van der Waals surface area contributed by atoms with Crippen LogP contribution >= 0.6 is 11.6 Å². The first-order chi connectivity index (χ1) is 9.15. The van der Waals surface area contributed by atoms with Gasteiger partial charge in [0, 0.05) is 10.9 Å². The van der Waals surface area contributed by atoms with Crippen LogP contribution in [0.4, 0.5) is 0 Å². The smallest absolute Gasteiger partial charge is 0.0729 e. The standard InChI is InChI=1S/C17H14ClN/c1-11-8-12(2)17-14(18)10-15(19-16(17)9-11)13-6-4-3-5-7-13/h3-10H,1-2H3. The molecule has 0 atom stereocenters. The fourth-order valence-corrected chi connectivity index (χ4v) is 2.80. The van der Waals surface area contributed by atoms with Crippen LogP contribution in [-0.2, 0) is 0 Å². The van der Waals surface area contributed by atoms with E-state index in [1.165, 1.54) is 11.1 Å². The van der Waals surface area contributed by atoms with Crippen LogP contribution in [0, 0.1) is 13.8 Å². The van der Waals surface area contributed by atoms with Gasteiger partial charge in [-0.15, -0.1) is 0 Å². The first-order valence-electron chi connectivity index (χ1n) is 6.28. The van der Waals surface area contributed by atoms with Gasteiger partial charge in [-0.3, -0.25) is 0 Å². The molecule has 0 aliphatic carbocycles. The third-order valence-electron chi connectivity index (χ3n) is 3.27. The lowest BCUT2D eigenvalue weighted by Crippen LogP contribution is -1.90. The van der Waals surface area contributed by atoms with E-state index in [4.69, 9.17) is 16.6 Å². The minimum absolute atomic E-state index is 0.765. The maximum absolute atomic E-state index is 6.43. The Hall–Kier alpha value is -1.86. The lowest BCUT2D eigenvalue weighted by atomic mass is 10.0. The Labute approximate surface area is 117 Å². The molecule has 0 spiro atoms. The number of aryl methyl sites for hydroxylation is 2. The van der Waals surface area contributed by atoms with Crippen LogP contribution in [0.3, 0.4) is 0 Å². The van der Waals surface area contributed by atoms with Gasteiger partial charge in [-0.05, 0) is 37.1 Å². The number of fused-ring (bicyclic) bond motifs is 1. The fraction of sp³-hybridized carbons (Fsp3) is 0.118. The molecule has 0 radical (unpaired) electrons. The maximum Gasteiger partial charge on any atom is 0.0729 e. The average molecular weight is 268 g/mol. The van der Waals surface area contributed by atoms with Crippen molar-refractivity contribution in [1.82, 2.24) is 4.98 Å². The van der Waals surface area contributed by atoms with E-state index < -0.39 is 0 Å². The topological polar surface area (TPSA) is 12.9 Å². The molecule has 1 aromatic heterocycles. The molecule has 94 valence electrons. The molecule has 0 amide bonds. The van der Waals surface area contributed by atoms with Gasteiger partial charge in [-0.25, -0.2) is 4.98 Å². The molecule has 1 nitrogen and oxygen atoms in total. The fourth-order valence-electron chi connectivity index (χ4n) is 2.46. The maximum atomic E-state index is 6.43. The number of benzene rings is 2. The monoisotopic (exact) mass is 267 g/mol. The Bertz CT molecular complexity index is 748. The van der Waals surface area contributed by atoms with E-state index >= 15 is 0 Å². The highest BCUT2D eigenvalue weighted by molar-refractivity contribution is 6.35. The molecule has 3 rings (SSSR count). The Kier molecular flexibility index (Phi) is 3.00. The number of halogens is 1. The predicted octanol–water partition coefficient (Wildman–Crippen LogP) is 5.17. The summed E-state index contributed by atoms with van der Waals surface area (Å²) in [6.07, 6.45) is 0. The normalized spacial score (nSPS) is 10.9. The van der Waals surface area contributed by atoms with E-state index in [-0.39, 0.29) is 0 Å². The van der Waals surface area contributed by atoms with Crippen LogP contribution in [0.15, 0.2) is 48.5 Å². The summed E-state index contributed by atoms with van der Waals surface area (Å²) in [7, 11) is 0. The Morgan fingerprint density at radius 3 is 2.42 bits per heavy atom. The number of pyridine rings is 1. The van der Waals surface area contributed by atoms with Crippen LogP contribution in [-0.4, -0.2) is 4.98 Å². The number of hydrogen-bond donors (Lipinski definition) is 0. The zero-order chi connectivity index (χ0) is 13.4. The largest absolute Gasteiger partial charge is 0.248 e. The molecule has 0 fully saturated rings. The summed E-state index contributed by atoms with van der Waals surface area (Å²) in [5.41, 5.74) is 5.35. The molecule has 19 heavy (non-hydrogen) atoms. The highest BCUT2D eigenvalue weighted by atomic mass is 35.5. The molecule has 0 bridgehead atoms. The van der Waals surface area contributed by atoms with Gasteiger partial charge in [0.15, 0.2) is 0 Å². The van der Waals surface area contributed by atoms with Crippen LogP contribution in [0.2, 0.25) is 5.02 Å². The van der Waals surface area contributed by atoms with E-state index in [0.29, 0.717) is 0 Å². The quantitative estimate of drug-likeness (QED) is 0.593. The second-order valence-electron chi connectivity index (χ2n) is 4.83. The minimum atomic E-state index is 0.765. The van der Waals surface area contributed by atoms with E-state index in [2.05, 4.69) is 26.0 Å². The third kappa shape index (κ3) is 2.22. The molecule has 2 heteroatoms. The summed E-state index contributed by atoms with van der Waals surface area (Å²) in [5.74, 6) is 0. The summed E-state index contributed by atoms with van der Waals surface area (Å²) in [6, 6.07) is 16.3. The van der Waals surface area contributed by atoms with Crippen molar-refractivity contribution in [3.8, 4) is 11.3 Å². The highest BCUT2D eigenvalue weighted by Gasteiger charge is 2.08. The summed E-state index contributed by atoms with van der Waals surface area (Å²) >= 11 is 6.43. The van der Waals surface area contributed by atoms with Gasteiger partial charge in [0.05, 0.1) is 16.2 Å². The van der Waals surface area contributed by atoms with Crippen molar-refractivity contribution in [2.24, 2.45) is 0 Å². The number of hydrogen-bond acceptors (Lipinski definition) is 1. The SMILES string of the molecule is Cc1cc(C)c2c(Cl)cc(-c3ccccc3)nc2c1. The molecule has 2 aromatic carbocycles. The van der Waals surface area contributed by atoms with Crippen LogP contribution in [0.1, 0.15) is 11.1 Å². The van der Waals surface area contributed by atoms with Gasteiger partial charge in [-0.2, -0.15) is 0 Å². The molecular formula is C17H14ClN. The van der Waals surface area contributed by atoms with E-state index in [1.807, 2.05) is 36.4 Å². The summed E-state index contributed by atoms with van der Waals surface area (Å²) in [5, 5.41) is 1.81. The number of rotatable bonds is 1. The zero-order valence-electron chi connectivity index (χ0n) is 10.9.